The summed E-state index contributed by atoms with van der Waals surface area (Å²) in [5.41, 5.74) is 7.82. The third-order valence-corrected chi connectivity index (χ3v) is 5.86. The molecule has 1 fully saturated rings. The molecule has 0 aliphatic heterocycles. The van der Waals surface area contributed by atoms with Crippen molar-refractivity contribution >= 4 is 11.9 Å². The van der Waals surface area contributed by atoms with Crippen molar-refractivity contribution < 1.29 is 14.3 Å². The molecule has 2 aromatic rings. The maximum Gasteiger partial charge on any atom is 0.310 e. The van der Waals surface area contributed by atoms with Gasteiger partial charge in [0.25, 0.3) is 5.96 Å². The second kappa shape index (κ2) is 12.1. The lowest BCUT2D eigenvalue weighted by atomic mass is 9.94. The van der Waals surface area contributed by atoms with Crippen LogP contribution in [0.4, 0.5) is 0 Å². The minimum atomic E-state index is -0.248. The number of benzene rings is 2. The topological polar surface area (TPSA) is 67.5 Å². The third kappa shape index (κ3) is 6.74. The van der Waals surface area contributed by atoms with Gasteiger partial charge in [0.05, 0.1) is 20.1 Å². The highest BCUT2D eigenvalue weighted by Gasteiger charge is 2.23. The fourth-order valence-corrected chi connectivity index (χ4v) is 3.88. The molecule has 1 saturated carbocycles. The van der Waals surface area contributed by atoms with Gasteiger partial charge in [0.1, 0.15) is 5.75 Å². The Morgan fingerprint density at radius 2 is 2.00 bits per heavy atom. The summed E-state index contributed by atoms with van der Waals surface area (Å²) in [6.45, 7) is 15.7. The summed E-state index contributed by atoms with van der Waals surface area (Å²) in [6, 6.07) is 12.1. The molecule has 1 aliphatic rings. The third-order valence-electron chi connectivity index (χ3n) is 5.86. The number of methoxy groups -OCH3 is 1. The van der Waals surface area contributed by atoms with Gasteiger partial charge in [0.2, 0.25) is 0 Å². The van der Waals surface area contributed by atoms with Gasteiger partial charge in [-0.2, -0.15) is 11.5 Å². The lowest BCUT2D eigenvalue weighted by Crippen LogP contribution is -2.38. The van der Waals surface area contributed by atoms with E-state index >= 15 is 0 Å². The van der Waals surface area contributed by atoms with Crippen LogP contribution in [0.1, 0.15) is 43.4 Å². The second-order valence-corrected chi connectivity index (χ2v) is 8.52. The number of hydrogen-bond donors (Lipinski definition) is 1. The second-order valence-electron chi connectivity index (χ2n) is 8.52. The van der Waals surface area contributed by atoms with Gasteiger partial charge in [-0.3, -0.25) is 4.79 Å². The van der Waals surface area contributed by atoms with E-state index in [1.807, 2.05) is 18.2 Å². The number of nitrogens with zero attached hydrogens (tertiary/aromatic N) is 3. The van der Waals surface area contributed by atoms with Gasteiger partial charge in [-0.25, -0.2) is 4.99 Å². The molecule has 0 atom stereocenters. The molecule has 1 aliphatic carbocycles. The van der Waals surface area contributed by atoms with Gasteiger partial charge in [-0.15, -0.1) is 0 Å². The van der Waals surface area contributed by atoms with Crippen LogP contribution in [0.25, 0.3) is 16.1 Å². The van der Waals surface area contributed by atoms with Crippen LogP contribution >= 0.6 is 0 Å². The van der Waals surface area contributed by atoms with Gasteiger partial charge < -0.3 is 14.4 Å². The van der Waals surface area contributed by atoms with Gasteiger partial charge in [0.15, 0.2) is 0 Å². The van der Waals surface area contributed by atoms with Crippen LogP contribution in [0.3, 0.4) is 0 Å². The normalized spacial score (nSPS) is 13.2. The molecule has 0 amide bonds. The van der Waals surface area contributed by atoms with Crippen LogP contribution in [-0.2, 0) is 22.5 Å². The summed E-state index contributed by atoms with van der Waals surface area (Å²) in [7, 11) is 1.65. The Hall–Kier alpha value is -3.53. The summed E-state index contributed by atoms with van der Waals surface area (Å²) >= 11 is 0. The summed E-state index contributed by atoms with van der Waals surface area (Å²) in [4.78, 5) is 22.2. The minimum Gasteiger partial charge on any atom is -0.496 e. The molecular formula is C27H34N4O3. The number of aryl methyl sites for hydroxylation is 1. The molecule has 34 heavy (non-hydrogen) atoms. The summed E-state index contributed by atoms with van der Waals surface area (Å²) in [6.07, 6.45) is 2.63. The molecule has 0 bridgehead atoms. The van der Waals surface area contributed by atoms with E-state index in [1.165, 1.54) is 12.8 Å². The fourth-order valence-electron chi connectivity index (χ4n) is 3.88. The van der Waals surface area contributed by atoms with E-state index in [1.54, 1.807) is 14.0 Å². The molecule has 1 N–H and O–H groups in total. The number of carbonyl (C=O) groups is 1. The molecule has 3 rings (SSSR count). The first-order valence-electron chi connectivity index (χ1n) is 11.8. The van der Waals surface area contributed by atoms with E-state index in [-0.39, 0.29) is 12.4 Å². The minimum absolute atomic E-state index is 0.208. The molecule has 0 spiro atoms. The van der Waals surface area contributed by atoms with Crippen LogP contribution in [0, 0.1) is 19.4 Å². The molecule has 7 nitrogen and oxygen atoms in total. The van der Waals surface area contributed by atoms with Crippen LogP contribution in [0.15, 0.2) is 41.4 Å². The average Bonchev–Trinajstić information content (AvgIpc) is 3.65. The highest BCUT2D eigenvalue weighted by Crippen LogP contribution is 2.35. The van der Waals surface area contributed by atoms with E-state index in [4.69, 9.17) is 21.0 Å². The monoisotopic (exact) mass is 462 g/mol. The van der Waals surface area contributed by atoms with Gasteiger partial charge >= 0.3 is 5.97 Å². The molecule has 2 aromatic carbocycles. The van der Waals surface area contributed by atoms with Crippen molar-refractivity contribution in [2.45, 2.75) is 46.6 Å². The number of rotatable bonds is 10. The molecule has 0 unspecified atom stereocenters. The number of hydrogen-bond acceptors (Lipinski definition) is 4. The van der Waals surface area contributed by atoms with Crippen LogP contribution in [0.2, 0.25) is 0 Å². The van der Waals surface area contributed by atoms with Gasteiger partial charge in [-0.1, -0.05) is 35.3 Å². The zero-order chi connectivity index (χ0) is 24.5. The zero-order valence-electron chi connectivity index (χ0n) is 20.6. The Morgan fingerprint density at radius 3 is 2.65 bits per heavy atom. The first-order chi connectivity index (χ1) is 16.5. The van der Waals surface area contributed by atoms with Crippen LogP contribution in [-0.4, -0.2) is 43.6 Å². The Kier molecular flexibility index (Phi) is 8.92. The van der Waals surface area contributed by atoms with E-state index in [9.17, 15) is 4.79 Å². The Bertz CT molecular complexity index is 1070. The maximum absolute atomic E-state index is 12.1. The number of ether oxygens (including phenoxy) is 2. The standard InChI is InChI=1S/C27H34N4O3/c1-6-31(27(30-28-4)29-17-20-9-10-20)18-22-14-19(3)8-12-23(22)24-15-21(11-13-25(24)33-5)16-26(32)34-7-2/h8,11-15,20H,6-7,9-10,16-18H2,1-3,5H3,(H,29,30). The van der Waals surface area contributed by atoms with Gasteiger partial charge in [0, 0.05) is 25.2 Å². The summed E-state index contributed by atoms with van der Waals surface area (Å²) in [5.74, 6) is 1.74. The Morgan fingerprint density at radius 1 is 1.21 bits per heavy atom. The smallest absolute Gasteiger partial charge is 0.310 e. The lowest BCUT2D eigenvalue weighted by Gasteiger charge is -2.24. The fraction of sp³-hybridized carbons (Fsp3) is 0.444. The van der Waals surface area contributed by atoms with Crippen molar-refractivity contribution in [2.75, 3.05) is 26.8 Å². The van der Waals surface area contributed by atoms with E-state index in [2.05, 4.69) is 47.3 Å². The number of esters is 1. The number of carbonyl (C=O) groups excluding carboxylic acids is 1. The van der Waals surface area contributed by atoms with Crippen molar-refractivity contribution in [1.82, 2.24) is 10.3 Å². The predicted octanol–water partition coefficient (Wildman–Crippen LogP) is 4.79. The van der Waals surface area contributed by atoms with Crippen molar-refractivity contribution in [3.63, 3.8) is 0 Å². The van der Waals surface area contributed by atoms with Crippen molar-refractivity contribution in [1.29, 1.82) is 0 Å². The quantitative estimate of drug-likeness (QED) is 0.181. The van der Waals surface area contributed by atoms with Crippen LogP contribution < -0.4 is 10.2 Å². The largest absolute Gasteiger partial charge is 0.496 e. The van der Waals surface area contributed by atoms with Crippen LogP contribution in [0.5, 0.6) is 5.75 Å². The lowest BCUT2D eigenvalue weighted by molar-refractivity contribution is -0.142. The first-order valence-corrected chi connectivity index (χ1v) is 11.8. The first kappa shape index (κ1) is 25.1. The zero-order valence-corrected chi connectivity index (χ0v) is 20.6. The van der Waals surface area contributed by atoms with E-state index in [0.29, 0.717) is 31.6 Å². The Labute approximate surface area is 202 Å². The van der Waals surface area contributed by atoms with Crippen molar-refractivity contribution in [3.05, 3.63) is 64.6 Å². The van der Waals surface area contributed by atoms with Crippen molar-refractivity contribution in [3.8, 4) is 16.9 Å². The highest BCUT2D eigenvalue weighted by molar-refractivity contribution is 5.81. The summed E-state index contributed by atoms with van der Waals surface area (Å²) < 4.78 is 10.8. The summed E-state index contributed by atoms with van der Waals surface area (Å²) in [5, 5.41) is 0. The Balaban J connectivity index is 1.97. The van der Waals surface area contributed by atoms with Gasteiger partial charge in [-0.05, 0) is 68.4 Å². The molecule has 0 saturated heterocycles. The number of guanidine groups is 1. The van der Waals surface area contributed by atoms with Crippen molar-refractivity contribution in [2.24, 2.45) is 10.9 Å². The number of aliphatic imine (C=N–C) groups is 1. The molecular weight excluding hydrogens is 428 g/mol. The predicted molar refractivity (Wildman–Crippen MR) is 134 cm³/mol. The SMILES string of the molecule is [C-]#[N+]NC(=NCC1CC1)N(CC)Cc1cc(C)ccc1-c1cc(CC(=O)OCC)ccc1OC. The van der Waals surface area contributed by atoms with E-state index < -0.39 is 0 Å². The molecule has 180 valence electrons. The maximum atomic E-state index is 12.1. The van der Waals surface area contributed by atoms with E-state index in [0.717, 1.165) is 40.1 Å². The number of nitrogens with one attached hydrogen (secondary N) is 1. The molecule has 7 heteroatoms. The average molecular weight is 463 g/mol. The molecule has 0 aromatic heterocycles. The molecule has 0 radical (unpaired) electrons. The molecule has 0 heterocycles. The highest BCUT2D eigenvalue weighted by atomic mass is 16.5.